The Kier molecular flexibility index (Phi) is 4.21. The van der Waals surface area contributed by atoms with E-state index in [4.69, 9.17) is 30.8 Å². The molecule has 0 unspecified atom stereocenters. The maximum absolute atomic E-state index is 6.31. The monoisotopic (exact) mass is 298 g/mol. The van der Waals surface area contributed by atoms with E-state index in [-0.39, 0.29) is 0 Å². The van der Waals surface area contributed by atoms with Gasteiger partial charge in [0.15, 0.2) is 5.82 Å². The summed E-state index contributed by atoms with van der Waals surface area (Å²) in [4.78, 5) is 9.23. The topological polar surface area (TPSA) is 53.5 Å². The molecule has 0 N–H and O–H groups in total. The first kappa shape index (κ1) is 14.2. The fourth-order valence-corrected chi connectivity index (χ4v) is 3.05. The molecule has 1 aromatic rings. The molecule has 0 saturated carbocycles. The van der Waals surface area contributed by atoms with E-state index in [2.05, 4.69) is 4.98 Å². The van der Waals surface area contributed by atoms with Crippen LogP contribution in [-0.2, 0) is 32.8 Å². The zero-order valence-electron chi connectivity index (χ0n) is 11.7. The molecule has 0 radical (unpaired) electrons. The molecule has 0 spiro atoms. The Balaban J connectivity index is 2.00. The van der Waals surface area contributed by atoms with E-state index in [0.717, 1.165) is 30.5 Å². The van der Waals surface area contributed by atoms with Crippen molar-refractivity contribution in [3.63, 3.8) is 0 Å². The van der Waals surface area contributed by atoms with E-state index in [9.17, 15) is 0 Å². The molecule has 0 atom stereocenters. The van der Waals surface area contributed by atoms with E-state index in [1.807, 2.05) is 6.92 Å². The van der Waals surface area contributed by atoms with Gasteiger partial charge in [-0.05, 0) is 6.92 Å². The summed E-state index contributed by atoms with van der Waals surface area (Å²) in [6.07, 6.45) is 2.32. The smallest absolute Gasteiger partial charge is 0.162 e. The van der Waals surface area contributed by atoms with Crippen molar-refractivity contribution in [3.8, 4) is 0 Å². The van der Waals surface area contributed by atoms with Crippen LogP contribution < -0.4 is 0 Å². The number of hydrogen-bond acceptors (Lipinski definition) is 5. The summed E-state index contributed by atoms with van der Waals surface area (Å²) in [5.41, 5.74) is 1.46. The molecule has 6 heteroatoms. The van der Waals surface area contributed by atoms with Crippen LogP contribution in [0.5, 0.6) is 0 Å². The van der Waals surface area contributed by atoms with Gasteiger partial charge in [0, 0.05) is 44.6 Å². The quantitative estimate of drug-likeness (QED) is 0.801. The lowest BCUT2D eigenvalue weighted by Crippen LogP contribution is -2.39. The predicted octanol–water partition coefficient (Wildman–Crippen LogP) is 2.24. The van der Waals surface area contributed by atoms with Gasteiger partial charge in [-0.15, -0.1) is 0 Å². The summed E-state index contributed by atoms with van der Waals surface area (Å²) in [5.74, 6) is 0.702. The van der Waals surface area contributed by atoms with Crippen LogP contribution in [0.1, 0.15) is 36.8 Å². The van der Waals surface area contributed by atoms with E-state index >= 15 is 0 Å². The van der Waals surface area contributed by atoms with Crippen LogP contribution in [0, 0.1) is 0 Å². The highest BCUT2D eigenvalue weighted by molar-refractivity contribution is 6.30. The lowest BCUT2D eigenvalue weighted by Gasteiger charge is -2.36. The van der Waals surface area contributed by atoms with Crippen molar-refractivity contribution in [2.75, 3.05) is 26.4 Å². The third-order valence-electron chi connectivity index (χ3n) is 3.90. The van der Waals surface area contributed by atoms with Gasteiger partial charge in [0.1, 0.15) is 10.8 Å². The van der Waals surface area contributed by atoms with Crippen molar-refractivity contribution >= 4 is 11.6 Å². The van der Waals surface area contributed by atoms with Gasteiger partial charge in [0.25, 0.3) is 0 Å². The zero-order valence-corrected chi connectivity index (χ0v) is 12.4. The van der Waals surface area contributed by atoms with Crippen molar-refractivity contribution < 1.29 is 14.2 Å². The molecule has 0 bridgehead atoms. The normalized spacial score (nSPS) is 21.5. The van der Waals surface area contributed by atoms with Crippen molar-refractivity contribution in [3.05, 3.63) is 22.2 Å². The number of aromatic nitrogens is 2. The number of fused-ring (bicyclic) bond motifs is 1. The first-order chi connectivity index (χ1) is 9.75. The molecule has 2 aliphatic heterocycles. The van der Waals surface area contributed by atoms with E-state index in [1.54, 1.807) is 0 Å². The van der Waals surface area contributed by atoms with Crippen LogP contribution in [0.2, 0.25) is 5.15 Å². The molecule has 0 aromatic carbocycles. The Labute approximate surface area is 123 Å². The number of rotatable bonds is 3. The van der Waals surface area contributed by atoms with Crippen LogP contribution in [0.25, 0.3) is 0 Å². The van der Waals surface area contributed by atoms with Crippen LogP contribution in [0.3, 0.4) is 0 Å². The van der Waals surface area contributed by atoms with Crippen LogP contribution in [0.15, 0.2) is 0 Å². The highest BCUT2D eigenvalue weighted by atomic mass is 35.5. The van der Waals surface area contributed by atoms with Crippen molar-refractivity contribution in [1.29, 1.82) is 0 Å². The standard InChI is InChI=1S/C14H19ClN2O3/c1-2-20-14(4-7-18-8-5-14)13-16-11-3-6-19-9-10(11)12(15)17-13/h2-9H2,1H3. The molecule has 1 saturated heterocycles. The summed E-state index contributed by atoms with van der Waals surface area (Å²) in [5, 5.41) is 0.496. The Hall–Kier alpha value is -0.750. The van der Waals surface area contributed by atoms with Gasteiger partial charge >= 0.3 is 0 Å². The van der Waals surface area contributed by atoms with Crippen molar-refractivity contribution in [2.24, 2.45) is 0 Å². The highest BCUT2D eigenvalue weighted by Crippen LogP contribution is 2.36. The second kappa shape index (κ2) is 5.93. The Bertz CT molecular complexity index is 484. The van der Waals surface area contributed by atoms with Gasteiger partial charge in [-0.2, -0.15) is 0 Å². The number of hydrogen-bond donors (Lipinski definition) is 0. The second-order valence-electron chi connectivity index (χ2n) is 5.11. The summed E-state index contributed by atoms with van der Waals surface area (Å²) in [7, 11) is 0. The molecule has 3 rings (SSSR count). The zero-order chi connectivity index (χ0) is 14.0. The maximum atomic E-state index is 6.31. The SMILES string of the molecule is CCOC1(c2nc(Cl)c3c(n2)CCOC3)CCOCC1. The maximum Gasteiger partial charge on any atom is 0.162 e. The molecule has 0 amide bonds. The molecular formula is C14H19ClN2O3. The molecule has 5 nitrogen and oxygen atoms in total. The molecule has 20 heavy (non-hydrogen) atoms. The highest BCUT2D eigenvalue weighted by Gasteiger charge is 2.39. The summed E-state index contributed by atoms with van der Waals surface area (Å²) < 4.78 is 16.9. The molecule has 0 aliphatic carbocycles. The fraction of sp³-hybridized carbons (Fsp3) is 0.714. The largest absolute Gasteiger partial charge is 0.381 e. The summed E-state index contributed by atoms with van der Waals surface area (Å²) in [6, 6.07) is 0. The lowest BCUT2D eigenvalue weighted by atomic mass is 9.92. The summed E-state index contributed by atoms with van der Waals surface area (Å²) in [6.45, 7) is 5.14. The molecule has 2 aliphatic rings. The molecule has 1 aromatic heterocycles. The Morgan fingerprint density at radius 1 is 1.20 bits per heavy atom. The molecular weight excluding hydrogens is 280 g/mol. The minimum atomic E-state index is -0.454. The average molecular weight is 299 g/mol. The number of halogens is 1. The minimum Gasteiger partial charge on any atom is -0.381 e. The Morgan fingerprint density at radius 3 is 2.75 bits per heavy atom. The second-order valence-corrected chi connectivity index (χ2v) is 5.46. The van der Waals surface area contributed by atoms with Gasteiger partial charge in [0.05, 0.1) is 18.9 Å². The van der Waals surface area contributed by atoms with E-state index in [1.165, 1.54) is 0 Å². The number of ether oxygens (including phenoxy) is 3. The third kappa shape index (κ3) is 2.55. The summed E-state index contributed by atoms with van der Waals surface area (Å²) >= 11 is 6.31. The lowest BCUT2D eigenvalue weighted by molar-refractivity contribution is -0.118. The Morgan fingerprint density at radius 2 is 2.00 bits per heavy atom. The third-order valence-corrected chi connectivity index (χ3v) is 4.21. The van der Waals surface area contributed by atoms with E-state index < -0.39 is 5.60 Å². The van der Waals surface area contributed by atoms with Crippen molar-refractivity contribution in [1.82, 2.24) is 9.97 Å². The van der Waals surface area contributed by atoms with Gasteiger partial charge in [-0.1, -0.05) is 11.6 Å². The molecule has 110 valence electrons. The number of nitrogens with zero attached hydrogens (tertiary/aromatic N) is 2. The van der Waals surface area contributed by atoms with Crippen LogP contribution >= 0.6 is 11.6 Å². The van der Waals surface area contributed by atoms with E-state index in [0.29, 0.717) is 44.0 Å². The average Bonchev–Trinajstić information content (AvgIpc) is 2.48. The van der Waals surface area contributed by atoms with Gasteiger partial charge in [-0.25, -0.2) is 9.97 Å². The van der Waals surface area contributed by atoms with Crippen LogP contribution in [-0.4, -0.2) is 36.4 Å². The predicted molar refractivity (Wildman–Crippen MR) is 73.8 cm³/mol. The van der Waals surface area contributed by atoms with Gasteiger partial charge in [0.2, 0.25) is 0 Å². The van der Waals surface area contributed by atoms with Crippen molar-refractivity contribution in [2.45, 2.75) is 38.4 Å². The van der Waals surface area contributed by atoms with Gasteiger partial charge in [-0.3, -0.25) is 0 Å². The first-order valence-electron chi connectivity index (χ1n) is 7.10. The molecule has 3 heterocycles. The first-order valence-corrected chi connectivity index (χ1v) is 7.48. The fourth-order valence-electron chi connectivity index (χ4n) is 2.81. The molecule has 1 fully saturated rings. The van der Waals surface area contributed by atoms with Gasteiger partial charge < -0.3 is 14.2 Å². The van der Waals surface area contributed by atoms with Crippen LogP contribution in [0.4, 0.5) is 0 Å². The minimum absolute atomic E-state index is 0.454.